The third-order valence-electron chi connectivity index (χ3n) is 5.66. The van der Waals surface area contributed by atoms with Crippen molar-refractivity contribution >= 4 is 23.4 Å². The molecule has 5 nitrogen and oxygen atoms in total. The van der Waals surface area contributed by atoms with E-state index in [-0.39, 0.29) is 17.1 Å². The van der Waals surface area contributed by atoms with Gasteiger partial charge in [-0.2, -0.15) is 0 Å². The van der Waals surface area contributed by atoms with Crippen molar-refractivity contribution in [2.45, 2.75) is 37.9 Å². The van der Waals surface area contributed by atoms with Gasteiger partial charge in [0.2, 0.25) is 5.91 Å². The number of allylic oxidation sites excluding steroid dienone is 1. The number of nitrogens with one attached hydrogen (secondary N) is 1. The summed E-state index contributed by atoms with van der Waals surface area (Å²) in [5.41, 5.74) is 5.17. The van der Waals surface area contributed by atoms with Gasteiger partial charge in [0.05, 0.1) is 5.75 Å². The molecule has 0 aliphatic rings. The zero-order chi connectivity index (χ0) is 24.8. The van der Waals surface area contributed by atoms with Crippen LogP contribution in [0.5, 0.6) is 0 Å². The van der Waals surface area contributed by atoms with Crippen molar-refractivity contribution < 1.29 is 4.79 Å². The molecule has 1 aromatic heterocycles. The van der Waals surface area contributed by atoms with Crippen molar-refractivity contribution in [1.29, 1.82) is 0 Å². The summed E-state index contributed by atoms with van der Waals surface area (Å²) in [5.74, 6) is 0.895. The van der Waals surface area contributed by atoms with Crippen molar-refractivity contribution in [3.8, 4) is 22.5 Å². The number of para-hydroxylation sites is 1. The van der Waals surface area contributed by atoms with E-state index in [1.165, 1.54) is 17.3 Å². The number of benzene rings is 3. The van der Waals surface area contributed by atoms with E-state index < -0.39 is 0 Å². The van der Waals surface area contributed by atoms with E-state index in [4.69, 9.17) is 0 Å². The summed E-state index contributed by atoms with van der Waals surface area (Å²) in [5, 5.41) is 12.5. The third kappa shape index (κ3) is 5.89. The highest BCUT2D eigenvalue weighted by Gasteiger charge is 2.18. The quantitative estimate of drug-likeness (QED) is 0.221. The summed E-state index contributed by atoms with van der Waals surface area (Å²) >= 11 is 1.37. The Morgan fingerprint density at radius 2 is 1.63 bits per heavy atom. The Morgan fingerprint density at radius 3 is 2.31 bits per heavy atom. The van der Waals surface area contributed by atoms with Crippen molar-refractivity contribution in [2.24, 2.45) is 0 Å². The first kappa shape index (κ1) is 24.5. The maximum Gasteiger partial charge on any atom is 0.234 e. The molecule has 0 unspecified atom stereocenters. The summed E-state index contributed by atoms with van der Waals surface area (Å²) in [6.45, 7) is 11.0. The molecule has 4 aromatic rings. The fourth-order valence-corrected chi connectivity index (χ4v) is 4.55. The van der Waals surface area contributed by atoms with Crippen molar-refractivity contribution in [3.63, 3.8) is 0 Å². The molecule has 6 heteroatoms. The van der Waals surface area contributed by atoms with Gasteiger partial charge >= 0.3 is 0 Å². The summed E-state index contributed by atoms with van der Waals surface area (Å²) in [6, 6.07) is 26.3. The Morgan fingerprint density at radius 1 is 0.943 bits per heavy atom. The minimum absolute atomic E-state index is 0.0841. The lowest BCUT2D eigenvalue weighted by Gasteiger charge is -2.19. The first-order chi connectivity index (χ1) is 16.9. The molecule has 4 rings (SSSR count). The monoisotopic (exact) mass is 482 g/mol. The number of amides is 1. The Balaban J connectivity index is 1.49. The maximum atomic E-state index is 12.8. The number of nitrogens with zero attached hydrogens (tertiary/aromatic N) is 3. The lowest BCUT2D eigenvalue weighted by Crippen LogP contribution is -2.15. The molecule has 0 aliphatic carbocycles. The molecule has 0 atom stereocenters. The first-order valence-electron chi connectivity index (χ1n) is 11.6. The molecular formula is C29H30N4OS. The number of anilines is 1. The molecule has 3 aromatic carbocycles. The number of carbonyl (C=O) groups is 1. The molecule has 35 heavy (non-hydrogen) atoms. The second-order valence-corrected chi connectivity index (χ2v) is 10.2. The van der Waals surface area contributed by atoms with Gasteiger partial charge in [0.15, 0.2) is 11.0 Å². The van der Waals surface area contributed by atoms with Gasteiger partial charge in [-0.3, -0.25) is 9.36 Å². The van der Waals surface area contributed by atoms with Crippen LogP contribution in [0.3, 0.4) is 0 Å². The minimum Gasteiger partial charge on any atom is -0.325 e. The number of thioether (sulfide) groups is 1. The second-order valence-electron chi connectivity index (χ2n) is 9.28. The van der Waals surface area contributed by atoms with Gasteiger partial charge in [-0.15, -0.1) is 16.8 Å². The largest absolute Gasteiger partial charge is 0.325 e. The Bertz CT molecular complexity index is 1300. The zero-order valence-corrected chi connectivity index (χ0v) is 21.2. The second kappa shape index (κ2) is 10.7. The van der Waals surface area contributed by atoms with E-state index in [0.717, 1.165) is 28.2 Å². The van der Waals surface area contributed by atoms with Crippen LogP contribution in [0.15, 0.2) is 96.7 Å². The molecule has 0 spiro atoms. The number of carbonyl (C=O) groups excluding carboxylic acids is 1. The molecule has 1 amide bonds. The number of rotatable bonds is 8. The summed E-state index contributed by atoms with van der Waals surface area (Å²) < 4.78 is 1.99. The predicted octanol–water partition coefficient (Wildman–Crippen LogP) is 6.83. The third-order valence-corrected chi connectivity index (χ3v) is 6.62. The van der Waals surface area contributed by atoms with Crippen molar-refractivity contribution in [1.82, 2.24) is 14.8 Å². The zero-order valence-electron chi connectivity index (χ0n) is 20.4. The average Bonchev–Trinajstić information content (AvgIpc) is 3.26. The van der Waals surface area contributed by atoms with Gasteiger partial charge in [-0.05, 0) is 22.6 Å². The highest BCUT2D eigenvalue weighted by Crippen LogP contribution is 2.29. The van der Waals surface area contributed by atoms with Crippen LogP contribution in [0.25, 0.3) is 22.5 Å². The van der Waals surface area contributed by atoms with Crippen LogP contribution in [0.4, 0.5) is 5.69 Å². The van der Waals surface area contributed by atoms with Crippen LogP contribution in [0.1, 0.15) is 26.3 Å². The molecular weight excluding hydrogens is 452 g/mol. The smallest absolute Gasteiger partial charge is 0.234 e. The van der Waals surface area contributed by atoms with Crippen LogP contribution in [0.2, 0.25) is 0 Å². The van der Waals surface area contributed by atoms with Gasteiger partial charge in [-0.1, -0.05) is 111 Å². The normalized spacial score (nSPS) is 11.3. The van der Waals surface area contributed by atoms with Crippen molar-refractivity contribution in [3.05, 3.63) is 97.1 Å². The van der Waals surface area contributed by atoms with Crippen LogP contribution in [-0.4, -0.2) is 26.4 Å². The predicted molar refractivity (Wildman–Crippen MR) is 146 cm³/mol. The van der Waals surface area contributed by atoms with Gasteiger partial charge in [-0.25, -0.2) is 0 Å². The molecule has 178 valence electrons. The van der Waals surface area contributed by atoms with E-state index in [1.807, 2.05) is 65.2 Å². The number of hydrogen-bond acceptors (Lipinski definition) is 4. The van der Waals surface area contributed by atoms with E-state index in [9.17, 15) is 4.79 Å². The Hall–Kier alpha value is -3.64. The van der Waals surface area contributed by atoms with E-state index in [2.05, 4.69) is 67.1 Å². The van der Waals surface area contributed by atoms with Gasteiger partial charge < -0.3 is 5.32 Å². The molecule has 1 N–H and O–H groups in total. The fraction of sp³-hybridized carbons (Fsp3) is 0.207. The van der Waals surface area contributed by atoms with Crippen LogP contribution in [0, 0.1) is 0 Å². The molecule has 0 aliphatic heterocycles. The van der Waals surface area contributed by atoms with E-state index >= 15 is 0 Å². The lowest BCUT2D eigenvalue weighted by molar-refractivity contribution is -0.113. The standard InChI is InChI=1S/C29H30N4OS/c1-5-19-33-27(22-15-17-23(18-16-22)29(2,3)4)31-32-28(33)35-20-26(34)30-25-14-10-9-13-24(25)21-11-7-6-8-12-21/h5-18H,1,19-20H2,2-4H3,(H,30,34). The average molecular weight is 483 g/mol. The SMILES string of the molecule is C=CCn1c(SCC(=O)Nc2ccccc2-c2ccccc2)nnc1-c1ccc(C(C)(C)C)cc1. The molecule has 0 fully saturated rings. The van der Waals surface area contributed by atoms with Gasteiger partial charge in [0.25, 0.3) is 0 Å². The molecule has 1 heterocycles. The summed E-state index contributed by atoms with van der Waals surface area (Å²) in [6.07, 6.45) is 1.82. The number of hydrogen-bond donors (Lipinski definition) is 1. The molecule has 0 saturated heterocycles. The minimum atomic E-state index is -0.0948. The Labute approximate surface area is 211 Å². The Kier molecular flexibility index (Phi) is 7.51. The topological polar surface area (TPSA) is 59.8 Å². The number of aromatic nitrogens is 3. The maximum absolute atomic E-state index is 12.8. The van der Waals surface area contributed by atoms with Crippen LogP contribution < -0.4 is 5.32 Å². The molecule has 0 radical (unpaired) electrons. The highest BCUT2D eigenvalue weighted by molar-refractivity contribution is 7.99. The van der Waals surface area contributed by atoms with Crippen molar-refractivity contribution in [2.75, 3.05) is 11.1 Å². The van der Waals surface area contributed by atoms with Crippen LogP contribution in [-0.2, 0) is 16.8 Å². The van der Waals surface area contributed by atoms with E-state index in [0.29, 0.717) is 11.7 Å². The van der Waals surface area contributed by atoms with E-state index in [1.54, 1.807) is 0 Å². The fourth-order valence-electron chi connectivity index (χ4n) is 3.80. The van der Waals surface area contributed by atoms with Gasteiger partial charge in [0.1, 0.15) is 0 Å². The van der Waals surface area contributed by atoms with Gasteiger partial charge in [0, 0.05) is 23.4 Å². The summed E-state index contributed by atoms with van der Waals surface area (Å²) in [7, 11) is 0. The lowest BCUT2D eigenvalue weighted by atomic mass is 9.87. The molecule has 0 bridgehead atoms. The van der Waals surface area contributed by atoms with Crippen LogP contribution >= 0.6 is 11.8 Å². The highest BCUT2D eigenvalue weighted by atomic mass is 32.2. The summed E-state index contributed by atoms with van der Waals surface area (Å²) in [4.78, 5) is 12.8. The molecule has 0 saturated carbocycles. The first-order valence-corrected chi connectivity index (χ1v) is 12.6.